The second kappa shape index (κ2) is 10.4. The maximum absolute atomic E-state index is 13.9. The summed E-state index contributed by atoms with van der Waals surface area (Å²) >= 11 is 0. The predicted molar refractivity (Wildman–Crippen MR) is 127 cm³/mol. The van der Waals surface area contributed by atoms with Crippen LogP contribution in [0.3, 0.4) is 0 Å². The number of carbonyl (C=O) groups excluding carboxylic acids is 2. The zero-order valence-electron chi connectivity index (χ0n) is 19.2. The molecule has 0 aliphatic heterocycles. The minimum Gasteiger partial charge on any atom is -0.481 e. The van der Waals surface area contributed by atoms with Crippen molar-refractivity contribution in [3.63, 3.8) is 0 Å². The first-order valence-electron chi connectivity index (χ1n) is 11.3. The Kier molecular flexibility index (Phi) is 7.23. The van der Waals surface area contributed by atoms with Gasteiger partial charge in [-0.1, -0.05) is 24.6 Å². The Morgan fingerprint density at radius 2 is 1.57 bits per heavy atom. The third-order valence-corrected chi connectivity index (χ3v) is 6.20. The van der Waals surface area contributed by atoms with Gasteiger partial charge in [-0.25, -0.2) is 9.18 Å². The van der Waals surface area contributed by atoms with Crippen molar-refractivity contribution in [3.8, 4) is 11.1 Å². The van der Waals surface area contributed by atoms with Crippen molar-refractivity contribution in [2.45, 2.75) is 25.4 Å². The minimum absolute atomic E-state index is 0.193. The molecule has 1 fully saturated rings. The number of Topliss-reactive ketones (excluding diaryl/α,β-unsaturated/α-hetero) is 1. The zero-order valence-corrected chi connectivity index (χ0v) is 19.2. The van der Waals surface area contributed by atoms with Crippen molar-refractivity contribution in [1.82, 2.24) is 4.98 Å². The number of aromatic nitrogens is 1. The Morgan fingerprint density at radius 3 is 2.19 bits per heavy atom. The monoisotopic (exact) mass is 515 g/mol. The Labute approximate surface area is 208 Å². The number of pyridine rings is 1. The Morgan fingerprint density at radius 1 is 0.892 bits per heavy atom. The van der Waals surface area contributed by atoms with Crippen LogP contribution in [-0.2, 0) is 11.0 Å². The van der Waals surface area contributed by atoms with E-state index in [2.05, 4.69) is 15.6 Å². The van der Waals surface area contributed by atoms with Gasteiger partial charge in [0.05, 0.1) is 17.2 Å². The average molecular weight is 515 g/mol. The standard InChI is InChI=1S/C26H21F4N3O4/c27-20-10-7-16(26(28,29)30)12-22(20)33-25(37)32-17-8-4-14(5-9-17)15-6-11-21(31-13-15)23(34)18-2-1-3-19(18)24(35)36/h4-13,18-19H,1-3H2,(H,35,36)(H2,32,33,37)/t18-,19-/m1/s1. The number of benzene rings is 2. The van der Waals surface area contributed by atoms with Crippen LogP contribution < -0.4 is 10.6 Å². The molecule has 0 unspecified atom stereocenters. The summed E-state index contributed by atoms with van der Waals surface area (Å²) in [4.78, 5) is 40.5. The molecule has 1 aliphatic rings. The van der Waals surface area contributed by atoms with Crippen LogP contribution in [0.2, 0.25) is 0 Å². The maximum Gasteiger partial charge on any atom is 0.416 e. The zero-order chi connectivity index (χ0) is 26.7. The molecule has 7 nitrogen and oxygen atoms in total. The molecular weight excluding hydrogens is 494 g/mol. The number of anilines is 2. The number of nitrogens with one attached hydrogen (secondary N) is 2. The van der Waals surface area contributed by atoms with E-state index in [0.29, 0.717) is 54.3 Å². The lowest BCUT2D eigenvalue weighted by molar-refractivity contribution is -0.142. The van der Waals surface area contributed by atoms with Crippen LogP contribution in [0.15, 0.2) is 60.8 Å². The van der Waals surface area contributed by atoms with Crippen LogP contribution in [0.25, 0.3) is 11.1 Å². The van der Waals surface area contributed by atoms with Gasteiger partial charge in [0.1, 0.15) is 11.5 Å². The van der Waals surface area contributed by atoms with E-state index in [1.807, 2.05) is 0 Å². The first kappa shape index (κ1) is 25.8. The molecule has 11 heteroatoms. The Hall–Kier alpha value is -4.28. The van der Waals surface area contributed by atoms with Gasteiger partial charge in [0.2, 0.25) is 0 Å². The fourth-order valence-corrected chi connectivity index (χ4v) is 4.30. The molecule has 1 heterocycles. The van der Waals surface area contributed by atoms with Crippen molar-refractivity contribution in [2.75, 3.05) is 10.6 Å². The Balaban J connectivity index is 1.40. The molecule has 37 heavy (non-hydrogen) atoms. The number of rotatable bonds is 6. The first-order valence-corrected chi connectivity index (χ1v) is 11.3. The van der Waals surface area contributed by atoms with E-state index in [1.165, 1.54) is 24.4 Å². The highest BCUT2D eigenvalue weighted by Crippen LogP contribution is 2.35. The van der Waals surface area contributed by atoms with E-state index in [1.54, 1.807) is 18.2 Å². The highest BCUT2D eigenvalue weighted by Gasteiger charge is 2.38. The van der Waals surface area contributed by atoms with Crippen molar-refractivity contribution in [1.29, 1.82) is 0 Å². The quantitative estimate of drug-likeness (QED) is 0.266. The molecule has 1 aromatic heterocycles. The summed E-state index contributed by atoms with van der Waals surface area (Å²) in [6.07, 6.45) is -1.53. The van der Waals surface area contributed by atoms with Gasteiger partial charge >= 0.3 is 18.2 Å². The number of amides is 2. The minimum atomic E-state index is -4.69. The number of ketones is 1. The van der Waals surface area contributed by atoms with Gasteiger partial charge in [-0.2, -0.15) is 13.2 Å². The highest BCUT2D eigenvalue weighted by atomic mass is 19.4. The first-order chi connectivity index (χ1) is 17.5. The molecule has 192 valence electrons. The lowest BCUT2D eigenvalue weighted by Crippen LogP contribution is -2.25. The number of hydrogen-bond donors (Lipinski definition) is 3. The molecule has 1 saturated carbocycles. The van der Waals surface area contributed by atoms with Gasteiger partial charge in [-0.15, -0.1) is 0 Å². The third kappa shape index (κ3) is 5.93. The molecule has 0 radical (unpaired) electrons. The van der Waals surface area contributed by atoms with Crippen LogP contribution in [0.5, 0.6) is 0 Å². The van der Waals surface area contributed by atoms with Crippen molar-refractivity contribution in [2.24, 2.45) is 11.8 Å². The van der Waals surface area contributed by atoms with E-state index >= 15 is 0 Å². The molecule has 1 aliphatic carbocycles. The second-order valence-corrected chi connectivity index (χ2v) is 8.63. The SMILES string of the molecule is O=C(Nc1ccc(-c2ccc(C(=O)[C@@H]3CCC[C@H]3C(=O)O)nc2)cc1)Nc1cc(C(F)(F)F)ccc1F. The summed E-state index contributed by atoms with van der Waals surface area (Å²) in [6.45, 7) is 0. The fraction of sp³-hybridized carbons (Fsp3) is 0.231. The number of carboxylic acids is 1. The topological polar surface area (TPSA) is 108 Å². The third-order valence-electron chi connectivity index (χ3n) is 6.20. The molecule has 2 atom stereocenters. The molecule has 0 saturated heterocycles. The molecule has 0 spiro atoms. The Bertz CT molecular complexity index is 1330. The molecule has 3 aromatic rings. The number of urea groups is 1. The number of carbonyl (C=O) groups is 3. The molecule has 2 aromatic carbocycles. The van der Waals surface area contributed by atoms with Crippen LogP contribution >= 0.6 is 0 Å². The second-order valence-electron chi connectivity index (χ2n) is 8.63. The smallest absolute Gasteiger partial charge is 0.416 e. The average Bonchev–Trinajstić information content (AvgIpc) is 3.35. The fourth-order valence-electron chi connectivity index (χ4n) is 4.30. The largest absolute Gasteiger partial charge is 0.481 e. The number of nitrogens with zero attached hydrogens (tertiary/aromatic N) is 1. The summed E-state index contributed by atoms with van der Waals surface area (Å²) < 4.78 is 52.4. The highest BCUT2D eigenvalue weighted by molar-refractivity contribution is 6.00. The molecular formula is C26H21F4N3O4. The van der Waals surface area contributed by atoms with E-state index in [4.69, 9.17) is 0 Å². The summed E-state index contributed by atoms with van der Waals surface area (Å²) in [5.41, 5.74) is 0.148. The van der Waals surface area contributed by atoms with Gasteiger partial charge in [0.15, 0.2) is 5.78 Å². The molecule has 0 bridgehead atoms. The number of alkyl halides is 3. The molecule has 4 rings (SSSR count). The summed E-state index contributed by atoms with van der Waals surface area (Å²) in [6, 6.07) is 10.4. The summed E-state index contributed by atoms with van der Waals surface area (Å²) in [5.74, 6) is -3.57. The van der Waals surface area contributed by atoms with E-state index < -0.39 is 47.1 Å². The van der Waals surface area contributed by atoms with Gasteiger partial charge in [0, 0.05) is 23.4 Å². The van der Waals surface area contributed by atoms with Crippen LogP contribution in [0.4, 0.5) is 33.7 Å². The summed E-state index contributed by atoms with van der Waals surface area (Å²) in [7, 11) is 0. The maximum atomic E-state index is 13.9. The lowest BCUT2D eigenvalue weighted by atomic mass is 9.90. The van der Waals surface area contributed by atoms with Crippen LogP contribution in [0, 0.1) is 17.7 Å². The number of aliphatic carboxylic acids is 1. The van der Waals surface area contributed by atoms with E-state index in [-0.39, 0.29) is 11.5 Å². The predicted octanol–water partition coefficient (Wildman–Crippen LogP) is 6.23. The van der Waals surface area contributed by atoms with Crippen LogP contribution in [-0.4, -0.2) is 27.9 Å². The molecule has 2 amide bonds. The van der Waals surface area contributed by atoms with Gasteiger partial charge < -0.3 is 15.7 Å². The number of halogens is 4. The van der Waals surface area contributed by atoms with Crippen molar-refractivity contribution >= 4 is 29.2 Å². The van der Waals surface area contributed by atoms with Gasteiger partial charge in [-0.3, -0.25) is 14.6 Å². The van der Waals surface area contributed by atoms with E-state index in [0.717, 1.165) is 0 Å². The summed E-state index contributed by atoms with van der Waals surface area (Å²) in [5, 5.41) is 13.8. The van der Waals surface area contributed by atoms with Crippen molar-refractivity contribution in [3.05, 3.63) is 77.9 Å². The van der Waals surface area contributed by atoms with Gasteiger partial charge in [0.25, 0.3) is 0 Å². The van der Waals surface area contributed by atoms with Crippen LogP contribution in [0.1, 0.15) is 35.3 Å². The number of hydrogen-bond acceptors (Lipinski definition) is 4. The lowest BCUT2D eigenvalue weighted by Gasteiger charge is -2.14. The van der Waals surface area contributed by atoms with Crippen molar-refractivity contribution < 1.29 is 37.1 Å². The van der Waals surface area contributed by atoms with E-state index in [9.17, 15) is 37.1 Å². The molecule has 3 N–H and O–H groups in total. The number of carboxylic acid groups (broad SMARTS) is 1. The normalized spacial score (nSPS) is 17.3. The van der Waals surface area contributed by atoms with Gasteiger partial charge in [-0.05, 0) is 54.8 Å².